The molecule has 0 atom stereocenters. The molecule has 1 aromatic rings. The summed E-state index contributed by atoms with van der Waals surface area (Å²) < 4.78 is 38.7. The third kappa shape index (κ3) is 5.34. The van der Waals surface area contributed by atoms with Gasteiger partial charge in [-0.05, 0) is 55.1 Å². The van der Waals surface area contributed by atoms with Crippen molar-refractivity contribution in [2.75, 3.05) is 13.1 Å². The molecule has 0 unspecified atom stereocenters. The monoisotopic (exact) mass is 301 g/mol. The van der Waals surface area contributed by atoms with E-state index in [4.69, 9.17) is 0 Å². The molecule has 1 aliphatic rings. The molecule has 0 N–H and O–H groups in total. The van der Waals surface area contributed by atoms with Crippen LogP contribution >= 0.6 is 0 Å². The van der Waals surface area contributed by atoms with Crippen LogP contribution in [0.2, 0.25) is 0 Å². The van der Waals surface area contributed by atoms with Crippen molar-refractivity contribution in [3.05, 3.63) is 34.9 Å². The van der Waals surface area contributed by atoms with Gasteiger partial charge in [0.05, 0.1) is 5.56 Å². The first-order valence-electron chi connectivity index (χ1n) is 7.79. The zero-order valence-corrected chi connectivity index (χ0v) is 13.4. The SMILES string of the molecule is CC.CC(C)c1cc(CN2CCCC2)cc(C(F)(F)F)c1. The maximum absolute atomic E-state index is 12.9. The average molecular weight is 301 g/mol. The number of rotatable bonds is 3. The largest absolute Gasteiger partial charge is 0.416 e. The van der Waals surface area contributed by atoms with Gasteiger partial charge in [-0.2, -0.15) is 13.2 Å². The molecule has 1 fully saturated rings. The molecule has 0 amide bonds. The summed E-state index contributed by atoms with van der Waals surface area (Å²) in [5, 5.41) is 0. The standard InChI is InChI=1S/C15H20F3N.C2H6/c1-11(2)13-7-12(10-19-5-3-4-6-19)8-14(9-13)15(16,17)18;1-2/h7-9,11H,3-6,10H2,1-2H3;1-2H3. The molecule has 1 saturated heterocycles. The highest BCUT2D eigenvalue weighted by atomic mass is 19.4. The molecule has 2 rings (SSSR count). The van der Waals surface area contributed by atoms with Crippen molar-refractivity contribution >= 4 is 0 Å². The van der Waals surface area contributed by atoms with Gasteiger partial charge in [-0.15, -0.1) is 0 Å². The van der Waals surface area contributed by atoms with E-state index in [0.717, 1.165) is 37.1 Å². The Morgan fingerprint density at radius 3 is 2.10 bits per heavy atom. The van der Waals surface area contributed by atoms with Gasteiger partial charge in [0.25, 0.3) is 0 Å². The van der Waals surface area contributed by atoms with Gasteiger partial charge in [0.2, 0.25) is 0 Å². The maximum atomic E-state index is 12.9. The van der Waals surface area contributed by atoms with Crippen LogP contribution in [-0.4, -0.2) is 18.0 Å². The Kier molecular flexibility index (Phi) is 6.72. The Morgan fingerprint density at radius 2 is 1.62 bits per heavy atom. The fraction of sp³-hybridized carbons (Fsp3) is 0.647. The van der Waals surface area contributed by atoms with Crippen LogP contribution in [0.3, 0.4) is 0 Å². The van der Waals surface area contributed by atoms with E-state index in [0.29, 0.717) is 6.54 Å². The third-order valence-electron chi connectivity index (χ3n) is 3.61. The minimum atomic E-state index is -4.26. The van der Waals surface area contributed by atoms with Crippen LogP contribution in [0.25, 0.3) is 0 Å². The number of benzene rings is 1. The molecule has 21 heavy (non-hydrogen) atoms. The summed E-state index contributed by atoms with van der Waals surface area (Å²) in [4.78, 5) is 2.22. The van der Waals surface area contributed by atoms with E-state index in [2.05, 4.69) is 4.90 Å². The summed E-state index contributed by atoms with van der Waals surface area (Å²) in [6.45, 7) is 10.5. The molecule has 0 bridgehead atoms. The predicted molar refractivity (Wildman–Crippen MR) is 81.4 cm³/mol. The number of nitrogens with zero attached hydrogens (tertiary/aromatic N) is 1. The summed E-state index contributed by atoms with van der Waals surface area (Å²) in [7, 11) is 0. The van der Waals surface area contributed by atoms with Gasteiger partial charge < -0.3 is 0 Å². The van der Waals surface area contributed by atoms with E-state index in [1.54, 1.807) is 0 Å². The molecule has 1 aliphatic heterocycles. The van der Waals surface area contributed by atoms with E-state index in [1.807, 2.05) is 33.8 Å². The Bertz CT molecular complexity index is 432. The van der Waals surface area contributed by atoms with Gasteiger partial charge in [0, 0.05) is 6.54 Å². The van der Waals surface area contributed by atoms with Gasteiger partial charge >= 0.3 is 6.18 Å². The lowest BCUT2D eigenvalue weighted by Crippen LogP contribution is -2.19. The molecule has 1 heterocycles. The third-order valence-corrected chi connectivity index (χ3v) is 3.61. The topological polar surface area (TPSA) is 3.24 Å². The lowest BCUT2D eigenvalue weighted by Gasteiger charge is -2.18. The van der Waals surface area contributed by atoms with E-state index in [9.17, 15) is 13.2 Å². The molecule has 0 aliphatic carbocycles. The Morgan fingerprint density at radius 1 is 1.05 bits per heavy atom. The smallest absolute Gasteiger partial charge is 0.299 e. The van der Waals surface area contributed by atoms with Crippen LogP contribution < -0.4 is 0 Å². The minimum Gasteiger partial charge on any atom is -0.299 e. The molecular formula is C17H26F3N. The highest BCUT2D eigenvalue weighted by Crippen LogP contribution is 2.32. The van der Waals surface area contributed by atoms with Crippen molar-refractivity contribution in [1.82, 2.24) is 4.90 Å². The van der Waals surface area contributed by atoms with Crippen molar-refractivity contribution in [2.24, 2.45) is 0 Å². The molecule has 0 spiro atoms. The first-order chi connectivity index (χ1) is 9.86. The Balaban J connectivity index is 0.00000106. The van der Waals surface area contributed by atoms with E-state index in [1.165, 1.54) is 12.1 Å². The minimum absolute atomic E-state index is 0.111. The van der Waals surface area contributed by atoms with Crippen LogP contribution in [0.1, 0.15) is 63.1 Å². The lowest BCUT2D eigenvalue weighted by molar-refractivity contribution is -0.137. The van der Waals surface area contributed by atoms with Crippen molar-refractivity contribution in [3.63, 3.8) is 0 Å². The second-order valence-corrected chi connectivity index (χ2v) is 5.60. The van der Waals surface area contributed by atoms with Crippen molar-refractivity contribution < 1.29 is 13.2 Å². The number of halogens is 3. The number of likely N-dealkylation sites (tertiary alicyclic amines) is 1. The number of hydrogen-bond donors (Lipinski definition) is 0. The van der Waals surface area contributed by atoms with Gasteiger partial charge in [0.1, 0.15) is 0 Å². The van der Waals surface area contributed by atoms with Gasteiger partial charge in [0.15, 0.2) is 0 Å². The van der Waals surface area contributed by atoms with Crippen LogP contribution in [0.4, 0.5) is 13.2 Å². The summed E-state index contributed by atoms with van der Waals surface area (Å²) in [5.74, 6) is 0.111. The van der Waals surface area contributed by atoms with Crippen LogP contribution in [-0.2, 0) is 12.7 Å². The highest BCUT2D eigenvalue weighted by molar-refractivity contribution is 5.33. The molecule has 0 aromatic heterocycles. The average Bonchev–Trinajstić information content (AvgIpc) is 2.92. The normalized spacial score (nSPS) is 16.0. The van der Waals surface area contributed by atoms with Gasteiger partial charge in [-0.25, -0.2) is 0 Å². The number of alkyl halides is 3. The lowest BCUT2D eigenvalue weighted by atomic mass is 9.97. The molecule has 4 heteroatoms. The van der Waals surface area contributed by atoms with E-state index >= 15 is 0 Å². The maximum Gasteiger partial charge on any atom is 0.416 e. The summed E-state index contributed by atoms with van der Waals surface area (Å²) in [5.41, 5.74) is 1.03. The fourth-order valence-corrected chi connectivity index (χ4v) is 2.51. The van der Waals surface area contributed by atoms with Gasteiger partial charge in [-0.1, -0.05) is 33.8 Å². The molecule has 0 saturated carbocycles. The fourth-order valence-electron chi connectivity index (χ4n) is 2.51. The zero-order valence-electron chi connectivity index (χ0n) is 13.4. The first-order valence-corrected chi connectivity index (χ1v) is 7.79. The zero-order chi connectivity index (χ0) is 16.0. The van der Waals surface area contributed by atoms with Crippen LogP contribution in [0, 0.1) is 0 Å². The molecule has 1 nitrogen and oxygen atoms in total. The number of hydrogen-bond acceptors (Lipinski definition) is 1. The van der Waals surface area contributed by atoms with Crippen molar-refractivity contribution in [2.45, 2.75) is 59.2 Å². The second kappa shape index (κ2) is 7.83. The second-order valence-electron chi connectivity index (χ2n) is 5.60. The van der Waals surface area contributed by atoms with E-state index in [-0.39, 0.29) is 5.92 Å². The summed E-state index contributed by atoms with van der Waals surface area (Å²) in [6, 6.07) is 4.49. The van der Waals surface area contributed by atoms with Crippen molar-refractivity contribution in [3.8, 4) is 0 Å². The molecule has 1 aromatic carbocycles. The molecule has 0 radical (unpaired) electrons. The predicted octanol–water partition coefficient (Wildman–Crippen LogP) is 5.45. The Hall–Kier alpha value is -1.03. The summed E-state index contributed by atoms with van der Waals surface area (Å²) >= 11 is 0. The van der Waals surface area contributed by atoms with Crippen LogP contribution in [0.5, 0.6) is 0 Å². The first kappa shape index (κ1) is 18.0. The Labute approximate surface area is 126 Å². The molecular weight excluding hydrogens is 275 g/mol. The van der Waals surface area contributed by atoms with Crippen molar-refractivity contribution in [1.29, 1.82) is 0 Å². The molecule has 120 valence electrons. The van der Waals surface area contributed by atoms with E-state index < -0.39 is 11.7 Å². The summed E-state index contributed by atoms with van der Waals surface area (Å²) in [6.07, 6.45) is -1.96. The highest BCUT2D eigenvalue weighted by Gasteiger charge is 2.31. The van der Waals surface area contributed by atoms with Gasteiger partial charge in [-0.3, -0.25) is 4.90 Å². The van der Waals surface area contributed by atoms with Crippen LogP contribution in [0.15, 0.2) is 18.2 Å². The quantitative estimate of drug-likeness (QED) is 0.717.